The normalized spacial score (nSPS) is 13.2. The lowest BCUT2D eigenvalue weighted by molar-refractivity contribution is -0.0164. The minimum atomic E-state index is -0.136. The van der Waals surface area contributed by atoms with Crippen molar-refractivity contribution < 1.29 is 4.74 Å². The van der Waals surface area contributed by atoms with Crippen LogP contribution in [0, 0.1) is 0 Å². The Morgan fingerprint density at radius 1 is 1.05 bits per heavy atom. The van der Waals surface area contributed by atoms with Crippen molar-refractivity contribution in [3.05, 3.63) is 30.1 Å². The highest BCUT2D eigenvalue weighted by atomic mass is 16.5. The van der Waals surface area contributed by atoms with Gasteiger partial charge in [-0.05, 0) is 59.7 Å². The van der Waals surface area contributed by atoms with Crippen molar-refractivity contribution in [3.63, 3.8) is 0 Å². The molecule has 104 valence electrons. The molecule has 0 saturated heterocycles. The maximum absolute atomic E-state index is 5.79. The predicted octanol–water partition coefficient (Wildman–Crippen LogP) is 4.11. The number of fused-ring (bicyclic) bond motifs is 1. The fourth-order valence-corrected chi connectivity index (χ4v) is 1.96. The van der Waals surface area contributed by atoms with Gasteiger partial charge in [-0.25, -0.2) is 4.98 Å². The average Bonchev–Trinajstić information content (AvgIpc) is 2.67. The summed E-state index contributed by atoms with van der Waals surface area (Å²) in [6.07, 6.45) is 2.10. The highest BCUT2D eigenvalue weighted by Crippen LogP contribution is 2.23. The Labute approximate surface area is 115 Å². The van der Waals surface area contributed by atoms with E-state index in [0.29, 0.717) is 6.61 Å². The molecule has 0 aromatic carbocycles. The van der Waals surface area contributed by atoms with Crippen LogP contribution in [0.1, 0.15) is 47.2 Å². The fourth-order valence-electron chi connectivity index (χ4n) is 1.96. The molecule has 2 aromatic rings. The lowest BCUT2D eigenvalue weighted by Crippen LogP contribution is -2.21. The Hall–Kier alpha value is -1.35. The zero-order valence-corrected chi connectivity index (χ0v) is 12.8. The van der Waals surface area contributed by atoms with E-state index in [-0.39, 0.29) is 11.1 Å². The molecule has 0 N–H and O–H groups in total. The van der Waals surface area contributed by atoms with E-state index >= 15 is 0 Å². The van der Waals surface area contributed by atoms with Crippen molar-refractivity contribution in [2.45, 2.75) is 59.3 Å². The number of pyridine rings is 1. The second-order valence-electron chi connectivity index (χ2n) is 6.97. The molecule has 0 aliphatic heterocycles. The van der Waals surface area contributed by atoms with Crippen molar-refractivity contribution in [1.29, 1.82) is 0 Å². The standard InChI is InChI=1S/C16H24N2O/c1-15(2,3)18-10-9-12-7-8-13(17-14(12)18)11-19-16(4,5)6/h7-10H,11H2,1-6H3. The van der Waals surface area contributed by atoms with Crippen LogP contribution in [0.4, 0.5) is 0 Å². The van der Waals surface area contributed by atoms with Gasteiger partial charge in [-0.2, -0.15) is 0 Å². The van der Waals surface area contributed by atoms with Gasteiger partial charge in [-0.1, -0.05) is 0 Å². The first-order chi connectivity index (χ1) is 8.67. The number of hydrogen-bond donors (Lipinski definition) is 0. The van der Waals surface area contributed by atoms with E-state index in [1.165, 1.54) is 5.39 Å². The highest BCUT2D eigenvalue weighted by Gasteiger charge is 2.17. The maximum Gasteiger partial charge on any atom is 0.140 e. The second kappa shape index (κ2) is 4.64. The molecular formula is C16H24N2O. The molecule has 0 unspecified atom stereocenters. The lowest BCUT2D eigenvalue weighted by Gasteiger charge is -2.22. The Kier molecular flexibility index (Phi) is 3.43. The SMILES string of the molecule is CC(C)(C)OCc1ccc2ccn(C(C)(C)C)c2n1. The van der Waals surface area contributed by atoms with E-state index in [0.717, 1.165) is 11.3 Å². The highest BCUT2D eigenvalue weighted by molar-refractivity contribution is 5.76. The first kappa shape index (κ1) is 14.1. The molecule has 0 bridgehead atoms. The largest absolute Gasteiger partial charge is 0.370 e. The molecular weight excluding hydrogens is 236 g/mol. The molecule has 0 amide bonds. The van der Waals surface area contributed by atoms with E-state index < -0.39 is 0 Å². The topological polar surface area (TPSA) is 27.1 Å². The average molecular weight is 260 g/mol. The molecule has 0 radical (unpaired) electrons. The number of hydrogen-bond acceptors (Lipinski definition) is 2. The second-order valence-corrected chi connectivity index (χ2v) is 6.97. The quantitative estimate of drug-likeness (QED) is 0.812. The van der Waals surface area contributed by atoms with E-state index in [2.05, 4.69) is 64.4 Å². The molecule has 0 fully saturated rings. The van der Waals surface area contributed by atoms with Crippen LogP contribution in [-0.2, 0) is 16.9 Å². The van der Waals surface area contributed by atoms with Crippen molar-refractivity contribution >= 4 is 11.0 Å². The van der Waals surface area contributed by atoms with E-state index in [1.54, 1.807) is 0 Å². The van der Waals surface area contributed by atoms with Crippen LogP contribution >= 0.6 is 0 Å². The molecule has 0 spiro atoms. The first-order valence-electron chi connectivity index (χ1n) is 6.78. The van der Waals surface area contributed by atoms with Gasteiger partial charge in [0.05, 0.1) is 17.9 Å². The third-order valence-corrected chi connectivity index (χ3v) is 2.97. The minimum Gasteiger partial charge on any atom is -0.370 e. The summed E-state index contributed by atoms with van der Waals surface area (Å²) in [5, 5.41) is 1.18. The minimum absolute atomic E-state index is 0.0399. The number of aromatic nitrogens is 2. The summed E-state index contributed by atoms with van der Waals surface area (Å²) in [5.74, 6) is 0. The van der Waals surface area contributed by atoms with Crippen molar-refractivity contribution in [2.75, 3.05) is 0 Å². The monoisotopic (exact) mass is 260 g/mol. The third kappa shape index (κ3) is 3.35. The Morgan fingerprint density at radius 2 is 1.74 bits per heavy atom. The number of nitrogens with zero attached hydrogens (tertiary/aromatic N) is 2. The number of rotatable bonds is 2. The molecule has 2 aromatic heterocycles. The maximum atomic E-state index is 5.79. The summed E-state index contributed by atoms with van der Waals surface area (Å²) in [4.78, 5) is 4.74. The van der Waals surface area contributed by atoms with Gasteiger partial charge in [-0.3, -0.25) is 0 Å². The fraction of sp³-hybridized carbons (Fsp3) is 0.562. The third-order valence-electron chi connectivity index (χ3n) is 2.97. The van der Waals surface area contributed by atoms with E-state index in [1.807, 2.05) is 6.07 Å². The van der Waals surface area contributed by atoms with Crippen molar-refractivity contribution in [2.24, 2.45) is 0 Å². The predicted molar refractivity (Wildman–Crippen MR) is 79.3 cm³/mol. The molecule has 0 saturated carbocycles. The van der Waals surface area contributed by atoms with Crippen LogP contribution in [0.15, 0.2) is 24.4 Å². The van der Waals surface area contributed by atoms with Gasteiger partial charge in [0, 0.05) is 17.1 Å². The smallest absolute Gasteiger partial charge is 0.140 e. The number of ether oxygens (including phenoxy) is 1. The molecule has 2 heterocycles. The van der Waals surface area contributed by atoms with Gasteiger partial charge in [0.1, 0.15) is 5.65 Å². The van der Waals surface area contributed by atoms with Crippen LogP contribution in [0.5, 0.6) is 0 Å². The molecule has 2 rings (SSSR count). The van der Waals surface area contributed by atoms with Gasteiger partial charge in [0.2, 0.25) is 0 Å². The molecule has 0 aliphatic rings. The Morgan fingerprint density at radius 3 is 2.32 bits per heavy atom. The molecule has 3 heteroatoms. The molecule has 0 atom stereocenters. The first-order valence-corrected chi connectivity index (χ1v) is 6.78. The van der Waals surface area contributed by atoms with Crippen molar-refractivity contribution in [3.8, 4) is 0 Å². The summed E-state index contributed by atoms with van der Waals surface area (Å²) >= 11 is 0. The van der Waals surface area contributed by atoms with Gasteiger partial charge in [0.25, 0.3) is 0 Å². The van der Waals surface area contributed by atoms with Gasteiger partial charge in [-0.15, -0.1) is 0 Å². The van der Waals surface area contributed by atoms with E-state index in [9.17, 15) is 0 Å². The Balaban J connectivity index is 2.34. The van der Waals surface area contributed by atoms with Crippen LogP contribution in [0.2, 0.25) is 0 Å². The Bertz CT molecular complexity index is 570. The lowest BCUT2D eigenvalue weighted by atomic mass is 10.1. The summed E-state index contributed by atoms with van der Waals surface area (Å²) in [7, 11) is 0. The van der Waals surface area contributed by atoms with Gasteiger partial charge < -0.3 is 9.30 Å². The molecule has 19 heavy (non-hydrogen) atoms. The zero-order valence-electron chi connectivity index (χ0n) is 12.8. The van der Waals surface area contributed by atoms with Crippen molar-refractivity contribution in [1.82, 2.24) is 9.55 Å². The van der Waals surface area contributed by atoms with Crippen LogP contribution < -0.4 is 0 Å². The summed E-state index contributed by atoms with van der Waals surface area (Å²) in [6, 6.07) is 6.27. The molecule has 0 aliphatic carbocycles. The molecule has 3 nitrogen and oxygen atoms in total. The zero-order chi connectivity index (χ0) is 14.3. The van der Waals surface area contributed by atoms with Crippen LogP contribution in [0.3, 0.4) is 0 Å². The van der Waals surface area contributed by atoms with Crippen LogP contribution in [-0.4, -0.2) is 15.2 Å². The van der Waals surface area contributed by atoms with Crippen LogP contribution in [0.25, 0.3) is 11.0 Å². The summed E-state index contributed by atoms with van der Waals surface area (Å²) < 4.78 is 8.01. The van der Waals surface area contributed by atoms with Gasteiger partial charge in [0.15, 0.2) is 0 Å². The summed E-state index contributed by atoms with van der Waals surface area (Å²) in [5.41, 5.74) is 1.91. The van der Waals surface area contributed by atoms with Gasteiger partial charge >= 0.3 is 0 Å². The summed E-state index contributed by atoms with van der Waals surface area (Å²) in [6.45, 7) is 13.3. The van der Waals surface area contributed by atoms with E-state index in [4.69, 9.17) is 9.72 Å².